The maximum Gasteiger partial charge on any atom is 0.264 e. The van der Waals surface area contributed by atoms with Crippen LogP contribution in [0.25, 0.3) is 10.1 Å². The summed E-state index contributed by atoms with van der Waals surface area (Å²) in [4.78, 5) is 5.23. The molecule has 4 heteroatoms. The van der Waals surface area contributed by atoms with E-state index in [-0.39, 0.29) is 28.4 Å². The van der Waals surface area contributed by atoms with Crippen LogP contribution in [0.1, 0.15) is 109 Å². The number of nitrogens with zero attached hydrogens (tertiary/aromatic N) is 2. The van der Waals surface area contributed by atoms with Gasteiger partial charge in [0.15, 0.2) is 0 Å². The van der Waals surface area contributed by atoms with E-state index in [0.717, 1.165) is 0 Å². The number of anilines is 6. The summed E-state index contributed by atoms with van der Waals surface area (Å²) < 4.78 is 2.89. The first-order valence-electron chi connectivity index (χ1n) is 19.8. The van der Waals surface area contributed by atoms with E-state index in [0.29, 0.717) is 0 Å². The van der Waals surface area contributed by atoms with Gasteiger partial charge in [-0.3, -0.25) is 0 Å². The number of rotatable bonds is 2. The van der Waals surface area contributed by atoms with Gasteiger partial charge in [0, 0.05) is 43.3 Å². The topological polar surface area (TPSA) is 6.48 Å². The molecule has 3 heterocycles. The lowest BCUT2D eigenvalue weighted by Gasteiger charge is -2.47. The number of fused-ring (bicyclic) bond motifs is 8. The van der Waals surface area contributed by atoms with Gasteiger partial charge in [-0.25, -0.2) is 0 Å². The molecule has 0 spiro atoms. The lowest BCUT2D eigenvalue weighted by Crippen LogP contribution is -2.61. The highest BCUT2D eigenvalue weighted by atomic mass is 32.1. The normalized spacial score (nSPS) is 19.6. The third kappa shape index (κ3) is 4.63. The number of aryl methyl sites for hydroxylation is 1. The zero-order valence-electron chi connectivity index (χ0n) is 32.9. The molecule has 2 aliphatic carbocycles. The summed E-state index contributed by atoms with van der Waals surface area (Å²) in [6, 6.07) is 37.7. The van der Waals surface area contributed by atoms with Gasteiger partial charge in [0.2, 0.25) is 0 Å². The van der Waals surface area contributed by atoms with Crippen LogP contribution in [0, 0.1) is 6.92 Å². The van der Waals surface area contributed by atoms with Crippen LogP contribution < -0.4 is 25.5 Å². The summed E-state index contributed by atoms with van der Waals surface area (Å²) in [6.07, 6.45) is 4.83. The van der Waals surface area contributed by atoms with Crippen LogP contribution in [0.4, 0.5) is 34.1 Å². The number of thiophene rings is 1. The van der Waals surface area contributed by atoms with Crippen molar-refractivity contribution in [3.63, 3.8) is 0 Å². The number of hydrogen-bond donors (Lipinski definition) is 0. The molecule has 0 saturated carbocycles. The van der Waals surface area contributed by atoms with Crippen molar-refractivity contribution in [3.8, 4) is 0 Å². The van der Waals surface area contributed by atoms with Crippen LogP contribution in [-0.2, 0) is 21.7 Å². The summed E-state index contributed by atoms with van der Waals surface area (Å²) in [7, 11) is 0. The first kappa shape index (κ1) is 33.3. The minimum absolute atomic E-state index is 0.109. The third-order valence-electron chi connectivity index (χ3n) is 13.9. The summed E-state index contributed by atoms with van der Waals surface area (Å²) in [6.45, 7) is 22.1. The molecule has 6 aromatic rings. The molecule has 0 saturated heterocycles. The summed E-state index contributed by atoms with van der Waals surface area (Å²) >= 11 is 2.05. The molecule has 5 aromatic carbocycles. The van der Waals surface area contributed by atoms with Gasteiger partial charge in [0.05, 0.1) is 5.69 Å². The maximum atomic E-state index is 2.67. The minimum atomic E-state index is 0.109. The van der Waals surface area contributed by atoms with E-state index in [1.165, 1.54) is 113 Å². The first-order valence-corrected chi connectivity index (χ1v) is 20.6. The molecule has 0 N–H and O–H groups in total. The molecule has 1 aromatic heterocycles. The fourth-order valence-corrected chi connectivity index (χ4v) is 11.8. The van der Waals surface area contributed by atoms with E-state index < -0.39 is 0 Å². The Kier molecular flexibility index (Phi) is 6.86. The van der Waals surface area contributed by atoms with Crippen LogP contribution >= 0.6 is 11.3 Å². The summed E-state index contributed by atoms with van der Waals surface area (Å²) in [5.41, 5.74) is 18.6. The molecule has 2 aliphatic heterocycles. The molecule has 53 heavy (non-hydrogen) atoms. The fourth-order valence-electron chi connectivity index (χ4n) is 10.5. The Balaban J connectivity index is 1.35. The molecule has 0 atom stereocenters. The van der Waals surface area contributed by atoms with Gasteiger partial charge in [-0.05, 0) is 142 Å². The predicted molar refractivity (Wildman–Crippen MR) is 231 cm³/mol. The average Bonchev–Trinajstić information content (AvgIpc) is 3.50. The number of hydrogen-bond acceptors (Lipinski definition) is 3. The van der Waals surface area contributed by atoms with Gasteiger partial charge in [-0.1, -0.05) is 104 Å². The van der Waals surface area contributed by atoms with E-state index in [2.05, 4.69) is 181 Å². The Morgan fingerprint density at radius 2 is 1.06 bits per heavy atom. The van der Waals surface area contributed by atoms with Crippen LogP contribution in [0.3, 0.4) is 0 Å². The molecule has 4 aliphatic rings. The SMILES string of the molecule is Cc1ccccc1N1c2cccc3c2B(c2cc4c(cc2N3c2ccccc2)C(C)(C)CCC4(C)C)c2sc3cc4c(cc3c21)C(C)(C)CCC4(C)C. The zero-order chi connectivity index (χ0) is 36.8. The van der Waals surface area contributed by atoms with Gasteiger partial charge in [-0.15, -0.1) is 11.3 Å². The third-order valence-corrected chi connectivity index (χ3v) is 15.1. The van der Waals surface area contributed by atoms with E-state index in [4.69, 9.17) is 0 Å². The average molecular weight is 711 g/mol. The van der Waals surface area contributed by atoms with Gasteiger partial charge in [0.25, 0.3) is 6.71 Å². The van der Waals surface area contributed by atoms with Crippen molar-refractivity contribution in [1.82, 2.24) is 0 Å². The largest absolute Gasteiger partial charge is 0.311 e. The van der Waals surface area contributed by atoms with Crippen LogP contribution in [-0.4, -0.2) is 6.71 Å². The molecule has 266 valence electrons. The van der Waals surface area contributed by atoms with Crippen LogP contribution in [0.2, 0.25) is 0 Å². The van der Waals surface area contributed by atoms with Crippen molar-refractivity contribution in [2.24, 2.45) is 0 Å². The molecule has 0 fully saturated rings. The Morgan fingerprint density at radius 1 is 0.528 bits per heavy atom. The molecule has 0 bridgehead atoms. The second-order valence-electron chi connectivity index (χ2n) is 19.1. The summed E-state index contributed by atoms with van der Waals surface area (Å²) in [5.74, 6) is 0. The quantitative estimate of drug-likeness (QED) is 0.165. The van der Waals surface area contributed by atoms with Crippen molar-refractivity contribution in [3.05, 3.63) is 125 Å². The van der Waals surface area contributed by atoms with Crippen molar-refractivity contribution in [1.29, 1.82) is 0 Å². The first-order chi connectivity index (χ1) is 25.2. The highest BCUT2D eigenvalue weighted by molar-refractivity contribution is 7.33. The monoisotopic (exact) mass is 710 g/mol. The molecular weight excluding hydrogens is 659 g/mol. The zero-order valence-corrected chi connectivity index (χ0v) is 33.8. The van der Waals surface area contributed by atoms with Gasteiger partial charge >= 0.3 is 0 Å². The lowest BCUT2D eigenvalue weighted by molar-refractivity contribution is 0.332. The Labute approximate surface area is 321 Å². The molecule has 0 amide bonds. The van der Waals surface area contributed by atoms with Crippen LogP contribution in [0.15, 0.2) is 97.1 Å². The van der Waals surface area contributed by atoms with Gasteiger partial charge in [-0.2, -0.15) is 0 Å². The lowest BCUT2D eigenvalue weighted by atomic mass is 9.35. The second kappa shape index (κ2) is 10.9. The molecule has 10 rings (SSSR count). The van der Waals surface area contributed by atoms with E-state index >= 15 is 0 Å². The van der Waals surface area contributed by atoms with Crippen molar-refractivity contribution >= 4 is 78.0 Å². The molecule has 2 nitrogen and oxygen atoms in total. The molecule has 0 unspecified atom stereocenters. The van der Waals surface area contributed by atoms with Crippen molar-refractivity contribution in [2.45, 2.75) is 110 Å². The minimum Gasteiger partial charge on any atom is -0.311 e. The Bertz CT molecular complexity index is 2500. The smallest absolute Gasteiger partial charge is 0.264 e. The Morgan fingerprint density at radius 3 is 1.70 bits per heavy atom. The second-order valence-corrected chi connectivity index (χ2v) is 20.2. The predicted octanol–water partition coefficient (Wildman–Crippen LogP) is 12.0. The molecule has 0 radical (unpaired) electrons. The molecular formula is C49H51BN2S. The fraction of sp³-hybridized carbons (Fsp3) is 0.347. The van der Waals surface area contributed by atoms with E-state index in [1.807, 2.05) is 0 Å². The maximum absolute atomic E-state index is 2.67. The van der Waals surface area contributed by atoms with Crippen LogP contribution in [0.5, 0.6) is 0 Å². The van der Waals surface area contributed by atoms with Gasteiger partial charge < -0.3 is 9.80 Å². The van der Waals surface area contributed by atoms with Crippen molar-refractivity contribution in [2.75, 3.05) is 9.80 Å². The number of para-hydroxylation sites is 2. The van der Waals surface area contributed by atoms with Crippen molar-refractivity contribution < 1.29 is 0 Å². The van der Waals surface area contributed by atoms with E-state index in [9.17, 15) is 0 Å². The summed E-state index contributed by atoms with van der Waals surface area (Å²) in [5, 5.41) is 1.40. The highest BCUT2D eigenvalue weighted by Gasteiger charge is 2.48. The van der Waals surface area contributed by atoms with Gasteiger partial charge in [0.1, 0.15) is 0 Å². The number of benzene rings is 5. The highest BCUT2D eigenvalue weighted by Crippen LogP contribution is 2.54. The Hall–Kier alpha value is -4.28. The van der Waals surface area contributed by atoms with E-state index in [1.54, 1.807) is 0 Å². The standard InChI is InChI=1S/C49H51BN2S/c1-30-16-13-14-19-38(30)52-40-21-15-20-39-43(40)50(45-44(52)32-26-33-36(29-42(32)53-45)49(8,9)25-22-46(33,2)3)37-27-34-35(48(6,7)24-23-47(34,4)5)28-41(37)51(39)31-17-11-10-12-18-31/h10-21,26-29H,22-25H2,1-9H3.